The number of hydrogen-bond acceptors (Lipinski definition) is 9. The maximum absolute atomic E-state index is 14.1. The molecule has 0 spiro atoms. The van der Waals surface area contributed by atoms with Crippen LogP contribution in [0.1, 0.15) is 19.1 Å². The average molecular weight is 372 g/mol. The van der Waals surface area contributed by atoms with E-state index in [1.165, 1.54) is 12.3 Å². The average Bonchev–Trinajstić information content (AvgIpc) is 2.97. The normalized spacial score (nSPS) is 22.2. The number of nitrogens with two attached hydrogens (primary N) is 1. The van der Waals surface area contributed by atoms with Gasteiger partial charge in [0, 0.05) is 19.2 Å². The zero-order chi connectivity index (χ0) is 19.1. The highest BCUT2D eigenvalue weighted by Crippen LogP contribution is 2.30. The van der Waals surface area contributed by atoms with E-state index in [-0.39, 0.29) is 25.3 Å². The van der Waals surface area contributed by atoms with Crippen molar-refractivity contribution in [1.82, 2.24) is 14.9 Å². The van der Waals surface area contributed by atoms with Crippen LogP contribution in [0.15, 0.2) is 17.1 Å². The van der Waals surface area contributed by atoms with Crippen LogP contribution in [-0.2, 0) is 23.8 Å². The fraction of sp³-hybridized carbons (Fsp3) is 0.600. The molecule has 3 N–H and O–H groups in total. The van der Waals surface area contributed by atoms with E-state index in [1.807, 2.05) is 0 Å². The van der Waals surface area contributed by atoms with E-state index in [4.69, 9.17) is 19.9 Å². The fourth-order valence-corrected chi connectivity index (χ4v) is 2.34. The third kappa shape index (κ3) is 5.49. The second-order valence-corrected chi connectivity index (χ2v) is 5.64. The van der Waals surface area contributed by atoms with Crippen LogP contribution in [0.25, 0.3) is 0 Å². The summed E-state index contributed by atoms with van der Waals surface area (Å²) in [5.74, 6) is -1.28. The molecule has 11 heteroatoms. The second-order valence-electron chi connectivity index (χ2n) is 5.64. The lowest BCUT2D eigenvalue weighted by molar-refractivity contribution is -0.161. The standard InChI is InChI=1S/C15H21FN4O6/c1-18-4-2-12(21)25-8-13(22)24-7-9-6-10(16)14(26-9)20-5-3-11(17)19-15(20)23/h3,5,9-10,14,18H,2,4,6-8H2,1H3,(H2,17,19,23)/t9-,10-,14+/m0/s1. The Hall–Kier alpha value is -2.53. The molecule has 0 radical (unpaired) electrons. The third-order valence-corrected chi connectivity index (χ3v) is 3.62. The molecule has 0 aliphatic carbocycles. The minimum absolute atomic E-state index is 0.0226. The molecule has 1 aromatic heterocycles. The van der Waals surface area contributed by atoms with Gasteiger partial charge < -0.3 is 25.3 Å². The van der Waals surface area contributed by atoms with E-state index in [2.05, 4.69) is 10.3 Å². The molecular formula is C15H21FN4O6. The summed E-state index contributed by atoms with van der Waals surface area (Å²) < 4.78 is 30.2. The first-order valence-electron chi connectivity index (χ1n) is 8.00. The third-order valence-electron chi connectivity index (χ3n) is 3.62. The molecule has 1 aromatic rings. The van der Waals surface area contributed by atoms with E-state index < -0.39 is 42.7 Å². The molecule has 26 heavy (non-hydrogen) atoms. The maximum Gasteiger partial charge on any atom is 0.351 e. The van der Waals surface area contributed by atoms with Gasteiger partial charge in [-0.05, 0) is 13.1 Å². The Bertz CT molecular complexity index is 697. The Balaban J connectivity index is 1.78. The first kappa shape index (κ1) is 19.8. The number of carbonyl (C=O) groups is 2. The van der Waals surface area contributed by atoms with Gasteiger partial charge in [0.05, 0.1) is 12.5 Å². The minimum Gasteiger partial charge on any atom is -0.460 e. The number of ether oxygens (including phenoxy) is 3. The van der Waals surface area contributed by atoms with Gasteiger partial charge >= 0.3 is 17.6 Å². The van der Waals surface area contributed by atoms with Crippen LogP contribution >= 0.6 is 0 Å². The van der Waals surface area contributed by atoms with Crippen molar-refractivity contribution in [3.8, 4) is 0 Å². The topological polar surface area (TPSA) is 135 Å². The molecular weight excluding hydrogens is 351 g/mol. The number of carbonyl (C=O) groups excluding carboxylic acids is 2. The molecule has 2 rings (SSSR count). The number of alkyl halides is 1. The van der Waals surface area contributed by atoms with Gasteiger partial charge in [-0.1, -0.05) is 0 Å². The van der Waals surface area contributed by atoms with Crippen molar-refractivity contribution >= 4 is 17.8 Å². The van der Waals surface area contributed by atoms with Crippen molar-refractivity contribution in [2.24, 2.45) is 0 Å². The maximum atomic E-state index is 14.1. The van der Waals surface area contributed by atoms with Crippen LogP contribution in [-0.4, -0.2) is 60.6 Å². The molecule has 0 unspecified atom stereocenters. The molecule has 10 nitrogen and oxygen atoms in total. The SMILES string of the molecule is CNCCC(=O)OCC(=O)OC[C@@H]1C[C@H](F)[C@H](n2ccc(N)nc2=O)O1. The van der Waals surface area contributed by atoms with Crippen LogP contribution in [0, 0.1) is 0 Å². The highest BCUT2D eigenvalue weighted by molar-refractivity contribution is 5.76. The number of nitrogens with one attached hydrogen (secondary N) is 1. The van der Waals surface area contributed by atoms with Crippen LogP contribution < -0.4 is 16.7 Å². The summed E-state index contributed by atoms with van der Waals surface area (Å²) in [4.78, 5) is 38.1. The first-order valence-corrected chi connectivity index (χ1v) is 8.00. The van der Waals surface area contributed by atoms with Crippen molar-refractivity contribution in [2.45, 2.75) is 31.3 Å². The van der Waals surface area contributed by atoms with E-state index in [9.17, 15) is 18.8 Å². The number of anilines is 1. The molecule has 2 heterocycles. The van der Waals surface area contributed by atoms with E-state index in [0.717, 1.165) is 4.57 Å². The molecule has 1 fully saturated rings. The van der Waals surface area contributed by atoms with Crippen molar-refractivity contribution in [1.29, 1.82) is 0 Å². The molecule has 0 bridgehead atoms. The second kappa shape index (κ2) is 9.25. The Labute approximate surface area is 148 Å². The summed E-state index contributed by atoms with van der Waals surface area (Å²) in [6, 6.07) is 1.35. The smallest absolute Gasteiger partial charge is 0.351 e. The first-order chi connectivity index (χ1) is 12.4. The number of aromatic nitrogens is 2. The van der Waals surface area contributed by atoms with Gasteiger partial charge in [-0.2, -0.15) is 4.98 Å². The Kier molecular flexibility index (Phi) is 7.04. The molecule has 1 aliphatic heterocycles. The lowest BCUT2D eigenvalue weighted by Crippen LogP contribution is -2.30. The lowest BCUT2D eigenvalue weighted by atomic mass is 10.2. The summed E-state index contributed by atoms with van der Waals surface area (Å²) >= 11 is 0. The predicted molar refractivity (Wildman–Crippen MR) is 86.8 cm³/mol. The van der Waals surface area contributed by atoms with Gasteiger partial charge in [-0.3, -0.25) is 9.36 Å². The van der Waals surface area contributed by atoms with Gasteiger partial charge in [0.15, 0.2) is 12.8 Å². The van der Waals surface area contributed by atoms with E-state index >= 15 is 0 Å². The van der Waals surface area contributed by atoms with E-state index in [1.54, 1.807) is 7.05 Å². The van der Waals surface area contributed by atoms with Crippen LogP contribution in [0.2, 0.25) is 0 Å². The van der Waals surface area contributed by atoms with Crippen LogP contribution in [0.5, 0.6) is 0 Å². The molecule has 1 saturated heterocycles. The number of nitrogens with zero attached hydrogens (tertiary/aromatic N) is 2. The Morgan fingerprint density at radius 3 is 2.92 bits per heavy atom. The summed E-state index contributed by atoms with van der Waals surface area (Å²) in [6.45, 7) is -0.317. The summed E-state index contributed by atoms with van der Waals surface area (Å²) in [6.07, 6.45) is -2.01. The van der Waals surface area contributed by atoms with Crippen molar-refractivity contribution in [2.75, 3.05) is 32.5 Å². The van der Waals surface area contributed by atoms with Gasteiger partial charge in [-0.15, -0.1) is 0 Å². The van der Waals surface area contributed by atoms with Crippen molar-refractivity contribution < 1.29 is 28.2 Å². The minimum atomic E-state index is -1.47. The van der Waals surface area contributed by atoms with Gasteiger partial charge in [0.1, 0.15) is 18.6 Å². The number of rotatable bonds is 8. The Morgan fingerprint density at radius 2 is 2.23 bits per heavy atom. The van der Waals surface area contributed by atoms with Gasteiger partial charge in [0.2, 0.25) is 0 Å². The van der Waals surface area contributed by atoms with E-state index in [0.29, 0.717) is 6.54 Å². The fourth-order valence-electron chi connectivity index (χ4n) is 2.34. The molecule has 144 valence electrons. The summed E-state index contributed by atoms with van der Waals surface area (Å²) in [5, 5.41) is 2.77. The quantitative estimate of drug-likeness (QED) is 0.559. The predicted octanol–water partition coefficient (Wildman–Crippen LogP) is -0.853. The van der Waals surface area contributed by atoms with Crippen molar-refractivity contribution in [3.63, 3.8) is 0 Å². The molecule has 0 saturated carbocycles. The number of nitrogen functional groups attached to an aromatic ring is 1. The van der Waals surface area contributed by atoms with Gasteiger partial charge in [-0.25, -0.2) is 14.0 Å². The zero-order valence-electron chi connectivity index (χ0n) is 14.2. The lowest BCUT2D eigenvalue weighted by Gasteiger charge is -2.16. The number of esters is 2. The number of halogens is 1. The monoisotopic (exact) mass is 372 g/mol. The highest BCUT2D eigenvalue weighted by Gasteiger charge is 2.38. The highest BCUT2D eigenvalue weighted by atomic mass is 19.1. The zero-order valence-corrected chi connectivity index (χ0v) is 14.2. The number of hydrogen-bond donors (Lipinski definition) is 2. The molecule has 0 aromatic carbocycles. The molecule has 0 amide bonds. The van der Waals surface area contributed by atoms with Crippen LogP contribution in [0.4, 0.5) is 10.2 Å². The summed E-state index contributed by atoms with van der Waals surface area (Å²) in [5.41, 5.74) is 4.66. The van der Waals surface area contributed by atoms with Crippen molar-refractivity contribution in [3.05, 3.63) is 22.7 Å². The molecule has 1 aliphatic rings. The Morgan fingerprint density at radius 1 is 1.46 bits per heavy atom. The van der Waals surface area contributed by atoms with Crippen LogP contribution in [0.3, 0.4) is 0 Å². The summed E-state index contributed by atoms with van der Waals surface area (Å²) in [7, 11) is 1.68. The molecule has 3 atom stereocenters. The van der Waals surface area contributed by atoms with Gasteiger partial charge in [0.25, 0.3) is 0 Å². The largest absolute Gasteiger partial charge is 0.460 e.